The fourth-order valence-corrected chi connectivity index (χ4v) is 3.64. The lowest BCUT2D eigenvalue weighted by Crippen LogP contribution is -2.33. The quantitative estimate of drug-likeness (QED) is 0.734. The number of benzene rings is 1. The first-order chi connectivity index (χ1) is 13.5. The Hall–Kier alpha value is -2.77. The smallest absolute Gasteiger partial charge is 0.225 e. The third kappa shape index (κ3) is 3.76. The van der Waals surface area contributed by atoms with E-state index in [0.717, 1.165) is 37.4 Å². The third-order valence-corrected chi connectivity index (χ3v) is 5.23. The van der Waals surface area contributed by atoms with Crippen LogP contribution in [-0.2, 0) is 24.4 Å². The van der Waals surface area contributed by atoms with Crippen LogP contribution in [0.5, 0.6) is 0 Å². The van der Waals surface area contributed by atoms with Gasteiger partial charge in [0.25, 0.3) is 0 Å². The lowest BCUT2D eigenvalue weighted by atomic mass is 10.1. The standard InChI is InChI=1S/C21H25N5O2/c1-24(2)21(28)12-20(27)19-11-16-14-25(9-10-26(16)23-19)13-15-5-3-7-18-17(15)6-4-8-22-18/h3-8,11,20,27H,9-10,12-14H2,1-2H3/t20-/m1/s1. The molecule has 0 unspecified atom stereocenters. The number of hydrogen-bond acceptors (Lipinski definition) is 5. The number of carbonyl (C=O) groups is 1. The molecule has 1 aliphatic heterocycles. The highest BCUT2D eigenvalue weighted by Crippen LogP contribution is 2.23. The Balaban J connectivity index is 1.48. The largest absolute Gasteiger partial charge is 0.386 e. The second kappa shape index (κ2) is 7.69. The first kappa shape index (κ1) is 18.6. The van der Waals surface area contributed by atoms with Gasteiger partial charge in [0, 0.05) is 45.3 Å². The van der Waals surface area contributed by atoms with Crippen molar-refractivity contribution < 1.29 is 9.90 Å². The number of carbonyl (C=O) groups excluding carboxylic acids is 1. The maximum absolute atomic E-state index is 11.9. The summed E-state index contributed by atoms with van der Waals surface area (Å²) in [5.74, 6) is -0.107. The maximum Gasteiger partial charge on any atom is 0.225 e. The molecule has 28 heavy (non-hydrogen) atoms. The number of pyridine rings is 1. The van der Waals surface area contributed by atoms with Crippen molar-refractivity contribution in [3.05, 3.63) is 59.5 Å². The van der Waals surface area contributed by atoms with E-state index in [0.29, 0.717) is 5.69 Å². The number of aromatic nitrogens is 3. The minimum absolute atomic E-state index is 0.0518. The summed E-state index contributed by atoms with van der Waals surface area (Å²) in [6, 6.07) is 12.2. The topological polar surface area (TPSA) is 74.5 Å². The lowest BCUT2D eigenvalue weighted by Gasteiger charge is -2.27. The molecule has 0 radical (unpaired) electrons. The molecular formula is C21H25N5O2. The molecule has 0 spiro atoms. The molecule has 1 atom stereocenters. The van der Waals surface area contributed by atoms with E-state index in [9.17, 15) is 9.90 Å². The molecule has 4 rings (SSSR count). The summed E-state index contributed by atoms with van der Waals surface area (Å²) in [5, 5.41) is 16.1. The molecule has 3 aromatic rings. The Kier molecular flexibility index (Phi) is 5.11. The minimum Gasteiger partial charge on any atom is -0.386 e. The van der Waals surface area contributed by atoms with Gasteiger partial charge in [-0.05, 0) is 23.8 Å². The molecule has 1 aliphatic rings. The monoisotopic (exact) mass is 379 g/mol. The van der Waals surface area contributed by atoms with Gasteiger partial charge in [-0.3, -0.25) is 19.4 Å². The highest BCUT2D eigenvalue weighted by molar-refractivity contribution is 5.81. The molecule has 0 saturated carbocycles. The second-order valence-corrected chi connectivity index (χ2v) is 7.49. The molecule has 3 heterocycles. The van der Waals surface area contributed by atoms with E-state index in [1.807, 2.05) is 29.1 Å². The third-order valence-electron chi connectivity index (χ3n) is 5.23. The zero-order chi connectivity index (χ0) is 19.7. The van der Waals surface area contributed by atoms with Crippen molar-refractivity contribution in [2.24, 2.45) is 0 Å². The van der Waals surface area contributed by atoms with Gasteiger partial charge in [0.15, 0.2) is 0 Å². The molecule has 1 aromatic carbocycles. The van der Waals surface area contributed by atoms with Crippen LogP contribution < -0.4 is 0 Å². The van der Waals surface area contributed by atoms with Crippen molar-refractivity contribution in [1.29, 1.82) is 0 Å². The molecule has 2 aromatic heterocycles. The maximum atomic E-state index is 11.9. The van der Waals surface area contributed by atoms with Gasteiger partial charge in [0.2, 0.25) is 5.91 Å². The molecule has 0 bridgehead atoms. The second-order valence-electron chi connectivity index (χ2n) is 7.49. The molecular weight excluding hydrogens is 354 g/mol. The van der Waals surface area contributed by atoms with Gasteiger partial charge >= 0.3 is 0 Å². The highest BCUT2D eigenvalue weighted by Gasteiger charge is 2.23. The summed E-state index contributed by atoms with van der Waals surface area (Å²) in [6.45, 7) is 3.26. The molecule has 146 valence electrons. The van der Waals surface area contributed by atoms with E-state index < -0.39 is 6.10 Å². The van der Waals surface area contributed by atoms with Crippen LogP contribution in [0.25, 0.3) is 10.9 Å². The van der Waals surface area contributed by atoms with Gasteiger partial charge in [-0.15, -0.1) is 0 Å². The lowest BCUT2D eigenvalue weighted by molar-refractivity contribution is -0.130. The van der Waals surface area contributed by atoms with Crippen molar-refractivity contribution in [2.45, 2.75) is 32.2 Å². The van der Waals surface area contributed by atoms with Crippen molar-refractivity contribution in [1.82, 2.24) is 24.6 Å². The molecule has 1 amide bonds. The van der Waals surface area contributed by atoms with Crippen LogP contribution in [0.4, 0.5) is 0 Å². The van der Waals surface area contributed by atoms with Crippen LogP contribution >= 0.6 is 0 Å². The van der Waals surface area contributed by atoms with E-state index in [4.69, 9.17) is 0 Å². The number of amides is 1. The molecule has 0 saturated heterocycles. The first-order valence-corrected chi connectivity index (χ1v) is 9.51. The average Bonchev–Trinajstić information content (AvgIpc) is 3.12. The van der Waals surface area contributed by atoms with Gasteiger partial charge < -0.3 is 10.0 Å². The summed E-state index contributed by atoms with van der Waals surface area (Å²) in [5.41, 5.74) is 3.91. The van der Waals surface area contributed by atoms with Crippen molar-refractivity contribution >= 4 is 16.8 Å². The van der Waals surface area contributed by atoms with E-state index in [2.05, 4.69) is 33.2 Å². The predicted octanol–water partition coefficient (Wildman–Crippen LogP) is 1.96. The zero-order valence-corrected chi connectivity index (χ0v) is 16.2. The molecule has 0 aliphatic carbocycles. The van der Waals surface area contributed by atoms with Crippen LogP contribution in [0, 0.1) is 0 Å². The number of hydrogen-bond donors (Lipinski definition) is 1. The van der Waals surface area contributed by atoms with E-state index in [1.165, 1.54) is 15.8 Å². The van der Waals surface area contributed by atoms with E-state index >= 15 is 0 Å². The van der Waals surface area contributed by atoms with Gasteiger partial charge in [0.05, 0.1) is 29.9 Å². The summed E-state index contributed by atoms with van der Waals surface area (Å²) in [4.78, 5) is 20.1. The number of aliphatic hydroxyl groups excluding tert-OH is 1. The van der Waals surface area contributed by atoms with Gasteiger partial charge in [-0.2, -0.15) is 5.10 Å². The normalized spacial score (nSPS) is 15.4. The van der Waals surface area contributed by atoms with Crippen LogP contribution in [0.1, 0.15) is 29.5 Å². The van der Waals surface area contributed by atoms with Crippen LogP contribution in [0.2, 0.25) is 0 Å². The summed E-state index contributed by atoms with van der Waals surface area (Å²) < 4.78 is 1.94. The molecule has 0 fully saturated rings. The summed E-state index contributed by atoms with van der Waals surface area (Å²) in [7, 11) is 3.38. The minimum atomic E-state index is -0.870. The van der Waals surface area contributed by atoms with Crippen molar-refractivity contribution in [3.8, 4) is 0 Å². The van der Waals surface area contributed by atoms with Crippen LogP contribution in [0.3, 0.4) is 0 Å². The Morgan fingerprint density at radius 3 is 2.93 bits per heavy atom. The summed E-state index contributed by atoms with van der Waals surface area (Å²) >= 11 is 0. The van der Waals surface area contributed by atoms with Crippen LogP contribution in [-0.4, -0.2) is 56.2 Å². The van der Waals surface area contributed by atoms with Gasteiger partial charge in [-0.25, -0.2) is 0 Å². The Morgan fingerprint density at radius 2 is 2.11 bits per heavy atom. The van der Waals surface area contributed by atoms with Crippen molar-refractivity contribution in [2.75, 3.05) is 20.6 Å². The number of fused-ring (bicyclic) bond motifs is 2. The highest BCUT2D eigenvalue weighted by atomic mass is 16.3. The first-order valence-electron chi connectivity index (χ1n) is 9.51. The van der Waals surface area contributed by atoms with Gasteiger partial charge in [0.1, 0.15) is 6.10 Å². The van der Waals surface area contributed by atoms with E-state index in [-0.39, 0.29) is 12.3 Å². The SMILES string of the molecule is CN(C)C(=O)C[C@@H](O)c1cc2n(n1)CCN(Cc1cccc3ncccc13)C2. The molecule has 7 heteroatoms. The fraction of sp³-hybridized carbons (Fsp3) is 0.381. The Morgan fingerprint density at radius 1 is 1.25 bits per heavy atom. The Bertz CT molecular complexity index is 992. The predicted molar refractivity (Wildman–Crippen MR) is 106 cm³/mol. The zero-order valence-electron chi connectivity index (χ0n) is 16.2. The number of nitrogens with zero attached hydrogens (tertiary/aromatic N) is 5. The van der Waals surface area contributed by atoms with Crippen molar-refractivity contribution in [3.63, 3.8) is 0 Å². The van der Waals surface area contributed by atoms with Crippen LogP contribution in [0.15, 0.2) is 42.6 Å². The fourth-order valence-electron chi connectivity index (χ4n) is 3.64. The molecule has 1 N–H and O–H groups in total. The molecule has 7 nitrogen and oxygen atoms in total. The Labute approximate surface area is 164 Å². The van der Waals surface area contributed by atoms with Gasteiger partial charge in [-0.1, -0.05) is 18.2 Å². The average molecular weight is 379 g/mol. The number of aliphatic hydroxyl groups is 1. The number of rotatable bonds is 5. The summed E-state index contributed by atoms with van der Waals surface area (Å²) in [6.07, 6.45) is 1.00. The van der Waals surface area contributed by atoms with E-state index in [1.54, 1.807) is 14.1 Å².